The van der Waals surface area contributed by atoms with Gasteiger partial charge in [-0.25, -0.2) is 4.79 Å². The third-order valence-electron chi connectivity index (χ3n) is 0.972. The lowest BCUT2D eigenvalue weighted by molar-refractivity contribution is -0.149. The fourth-order valence-electron chi connectivity index (χ4n) is 0.444. The first kappa shape index (κ1) is 10.7. The van der Waals surface area contributed by atoms with Crippen molar-refractivity contribution in [2.75, 3.05) is 13.3 Å². The summed E-state index contributed by atoms with van der Waals surface area (Å²) >= 11 is 0. The quantitative estimate of drug-likeness (QED) is 0.503. The van der Waals surface area contributed by atoms with Crippen LogP contribution in [0.5, 0.6) is 0 Å². The van der Waals surface area contributed by atoms with Crippen LogP contribution in [0.4, 0.5) is 4.79 Å². The Kier molecular flexibility index (Phi) is 5.77. The summed E-state index contributed by atoms with van der Waals surface area (Å²) < 4.78 is 8.83. The second-order valence-electron chi connectivity index (χ2n) is 2.11. The van der Waals surface area contributed by atoms with Gasteiger partial charge in [0.05, 0.1) is 0 Å². The number of alkyl carbamates (subject to hydrolysis) is 1. The number of hydrogen-bond acceptors (Lipinski definition) is 4. The molecule has 1 amide bonds. The normalized spacial score (nSPS) is 8.83. The SMILES string of the molecule is CCCNC(=O)OCOC(C)=O. The zero-order chi connectivity index (χ0) is 9.40. The number of nitrogens with one attached hydrogen (secondary N) is 1. The molecule has 0 aliphatic rings. The van der Waals surface area contributed by atoms with Crippen LogP contribution >= 0.6 is 0 Å². The van der Waals surface area contributed by atoms with Gasteiger partial charge in [-0.2, -0.15) is 0 Å². The van der Waals surface area contributed by atoms with Gasteiger partial charge in [-0.3, -0.25) is 4.79 Å². The van der Waals surface area contributed by atoms with E-state index in [1.54, 1.807) is 0 Å². The molecule has 0 atom stereocenters. The Morgan fingerprint density at radius 1 is 1.33 bits per heavy atom. The van der Waals surface area contributed by atoms with Gasteiger partial charge in [0.15, 0.2) is 0 Å². The molecule has 0 radical (unpaired) electrons. The summed E-state index contributed by atoms with van der Waals surface area (Å²) in [6, 6.07) is 0. The number of hydrogen-bond donors (Lipinski definition) is 1. The van der Waals surface area contributed by atoms with Gasteiger partial charge in [-0.15, -0.1) is 0 Å². The molecule has 70 valence electrons. The maximum absolute atomic E-state index is 10.7. The van der Waals surface area contributed by atoms with Crippen molar-refractivity contribution < 1.29 is 19.1 Å². The first-order valence-electron chi connectivity index (χ1n) is 3.70. The maximum Gasteiger partial charge on any atom is 0.410 e. The van der Waals surface area contributed by atoms with Gasteiger partial charge >= 0.3 is 12.1 Å². The average Bonchev–Trinajstić information content (AvgIpc) is 2.00. The van der Waals surface area contributed by atoms with E-state index in [9.17, 15) is 9.59 Å². The molecule has 12 heavy (non-hydrogen) atoms. The first-order valence-corrected chi connectivity index (χ1v) is 3.70. The molecule has 5 heteroatoms. The third-order valence-corrected chi connectivity index (χ3v) is 0.972. The van der Waals surface area contributed by atoms with Crippen LogP contribution in [-0.4, -0.2) is 25.4 Å². The third kappa shape index (κ3) is 6.85. The van der Waals surface area contributed by atoms with Crippen LogP contribution < -0.4 is 5.32 Å². The molecule has 0 saturated heterocycles. The fourth-order valence-corrected chi connectivity index (χ4v) is 0.444. The van der Waals surface area contributed by atoms with Crippen LogP contribution in [0, 0.1) is 0 Å². The number of ether oxygens (including phenoxy) is 2. The summed E-state index contributed by atoms with van der Waals surface area (Å²) in [6.45, 7) is 3.39. The van der Waals surface area contributed by atoms with Crippen molar-refractivity contribution in [1.82, 2.24) is 5.32 Å². The van der Waals surface area contributed by atoms with E-state index in [0.29, 0.717) is 6.54 Å². The Bertz CT molecular complexity index is 157. The van der Waals surface area contributed by atoms with Gasteiger partial charge in [0.1, 0.15) is 0 Å². The highest BCUT2D eigenvalue weighted by atomic mass is 16.7. The number of carbonyl (C=O) groups is 2. The van der Waals surface area contributed by atoms with Crippen LogP contribution in [-0.2, 0) is 14.3 Å². The van der Waals surface area contributed by atoms with Crippen LogP contribution in [0.15, 0.2) is 0 Å². The predicted octanol–water partition coefficient (Wildman–Crippen LogP) is 0.643. The standard InChI is InChI=1S/C7H13NO4/c1-3-4-8-7(10)12-5-11-6(2)9/h3-5H2,1-2H3,(H,8,10). The highest BCUT2D eigenvalue weighted by molar-refractivity contribution is 5.68. The Labute approximate surface area is 71.0 Å². The molecule has 0 unspecified atom stereocenters. The second kappa shape index (κ2) is 6.45. The summed E-state index contributed by atoms with van der Waals surface area (Å²) in [5.74, 6) is -0.474. The molecule has 0 saturated carbocycles. The molecule has 0 aromatic carbocycles. The fraction of sp³-hybridized carbons (Fsp3) is 0.714. The Balaban J connectivity index is 3.25. The van der Waals surface area contributed by atoms with Crippen molar-refractivity contribution >= 4 is 12.1 Å². The average molecular weight is 175 g/mol. The van der Waals surface area contributed by atoms with E-state index in [1.165, 1.54) is 6.92 Å². The molecule has 0 spiro atoms. The van der Waals surface area contributed by atoms with Gasteiger partial charge < -0.3 is 14.8 Å². The molecular weight excluding hydrogens is 162 g/mol. The van der Waals surface area contributed by atoms with Crippen LogP contribution in [0.1, 0.15) is 20.3 Å². The molecule has 0 heterocycles. The van der Waals surface area contributed by atoms with Gasteiger partial charge in [0, 0.05) is 13.5 Å². The summed E-state index contributed by atoms with van der Waals surface area (Å²) in [5, 5.41) is 2.45. The molecule has 1 N–H and O–H groups in total. The lowest BCUT2D eigenvalue weighted by atomic mass is 10.5. The lowest BCUT2D eigenvalue weighted by Crippen LogP contribution is -2.26. The Morgan fingerprint density at radius 2 is 2.00 bits per heavy atom. The van der Waals surface area contributed by atoms with E-state index in [-0.39, 0.29) is 6.79 Å². The van der Waals surface area contributed by atoms with Crippen LogP contribution in [0.2, 0.25) is 0 Å². The smallest absolute Gasteiger partial charge is 0.410 e. The maximum atomic E-state index is 10.7. The highest BCUT2D eigenvalue weighted by Gasteiger charge is 1.99. The molecule has 5 nitrogen and oxygen atoms in total. The first-order chi connectivity index (χ1) is 5.66. The van der Waals surface area contributed by atoms with Gasteiger partial charge in [-0.1, -0.05) is 6.92 Å². The van der Waals surface area contributed by atoms with Crippen LogP contribution in [0.3, 0.4) is 0 Å². The molecule has 0 aliphatic heterocycles. The number of carbonyl (C=O) groups excluding carboxylic acids is 2. The number of rotatable bonds is 4. The Morgan fingerprint density at radius 3 is 2.50 bits per heavy atom. The van der Waals surface area contributed by atoms with E-state index in [1.807, 2.05) is 6.92 Å². The van der Waals surface area contributed by atoms with Crippen molar-refractivity contribution in [3.8, 4) is 0 Å². The minimum absolute atomic E-state index is 0.328. The summed E-state index contributed by atoms with van der Waals surface area (Å²) in [5.41, 5.74) is 0. The van der Waals surface area contributed by atoms with Gasteiger partial charge in [0.2, 0.25) is 6.79 Å². The largest absolute Gasteiger partial charge is 0.428 e. The minimum atomic E-state index is -0.571. The van der Waals surface area contributed by atoms with Crippen molar-refractivity contribution in [3.05, 3.63) is 0 Å². The monoisotopic (exact) mass is 175 g/mol. The molecule has 0 rings (SSSR count). The zero-order valence-electron chi connectivity index (χ0n) is 7.25. The summed E-state index contributed by atoms with van der Waals surface area (Å²) in [4.78, 5) is 20.9. The van der Waals surface area contributed by atoms with E-state index in [2.05, 4.69) is 14.8 Å². The Hall–Kier alpha value is -1.26. The minimum Gasteiger partial charge on any atom is -0.428 e. The summed E-state index contributed by atoms with van der Waals surface area (Å²) in [6.07, 6.45) is 0.265. The van der Waals surface area contributed by atoms with Gasteiger partial charge in [-0.05, 0) is 6.42 Å². The topological polar surface area (TPSA) is 64.6 Å². The van der Waals surface area contributed by atoms with E-state index < -0.39 is 12.1 Å². The van der Waals surface area contributed by atoms with Crippen molar-refractivity contribution in [2.24, 2.45) is 0 Å². The summed E-state index contributed by atoms with van der Waals surface area (Å²) in [7, 11) is 0. The van der Waals surface area contributed by atoms with Crippen molar-refractivity contribution in [2.45, 2.75) is 20.3 Å². The highest BCUT2D eigenvalue weighted by Crippen LogP contribution is 1.81. The van der Waals surface area contributed by atoms with Crippen molar-refractivity contribution in [1.29, 1.82) is 0 Å². The van der Waals surface area contributed by atoms with E-state index in [4.69, 9.17) is 0 Å². The molecule has 0 aliphatic carbocycles. The zero-order valence-corrected chi connectivity index (χ0v) is 7.25. The molecule has 0 bridgehead atoms. The predicted molar refractivity (Wildman–Crippen MR) is 41.4 cm³/mol. The van der Waals surface area contributed by atoms with Gasteiger partial charge in [0.25, 0.3) is 0 Å². The number of esters is 1. The molecule has 0 aromatic heterocycles. The van der Waals surface area contributed by atoms with Crippen LogP contribution in [0.25, 0.3) is 0 Å². The van der Waals surface area contributed by atoms with E-state index >= 15 is 0 Å². The molecular formula is C7H13NO4. The second-order valence-corrected chi connectivity index (χ2v) is 2.11. The molecule has 0 aromatic rings. The molecule has 0 fully saturated rings. The lowest BCUT2D eigenvalue weighted by Gasteiger charge is -2.04. The van der Waals surface area contributed by atoms with E-state index in [0.717, 1.165) is 6.42 Å². The number of amides is 1. The van der Waals surface area contributed by atoms with Crippen molar-refractivity contribution in [3.63, 3.8) is 0 Å².